The number of fused-ring (bicyclic) bond motifs is 1. The summed E-state index contributed by atoms with van der Waals surface area (Å²) in [5, 5.41) is 0. The quantitative estimate of drug-likeness (QED) is 0.857. The van der Waals surface area contributed by atoms with Gasteiger partial charge in [-0.2, -0.15) is 0 Å². The molecule has 0 bridgehead atoms. The van der Waals surface area contributed by atoms with Crippen LogP contribution in [0.5, 0.6) is 0 Å². The van der Waals surface area contributed by atoms with Crippen molar-refractivity contribution in [2.75, 3.05) is 44.3 Å². The first-order chi connectivity index (χ1) is 11.8. The number of aryl methyl sites for hydroxylation is 1. The third-order valence-corrected chi connectivity index (χ3v) is 4.91. The van der Waals surface area contributed by atoms with Crippen molar-refractivity contribution >= 4 is 5.95 Å². The van der Waals surface area contributed by atoms with E-state index in [1.54, 1.807) is 6.26 Å². The zero-order chi connectivity index (χ0) is 16.4. The maximum absolute atomic E-state index is 5.44. The number of morpholine rings is 1. The highest BCUT2D eigenvalue weighted by Gasteiger charge is 2.21. The second kappa shape index (κ2) is 6.91. The molecule has 0 radical (unpaired) electrons. The fraction of sp³-hybridized carbons (Fsp3) is 0.556. The molecule has 128 valence electrons. The first-order valence-electron chi connectivity index (χ1n) is 8.72. The maximum atomic E-state index is 5.44. The number of ether oxygens (including phenoxy) is 1. The summed E-state index contributed by atoms with van der Waals surface area (Å²) in [5.74, 6) is 0.873. The smallest absolute Gasteiger partial charge is 0.225 e. The van der Waals surface area contributed by atoms with E-state index in [1.165, 1.54) is 16.8 Å². The number of hydrogen-bond donors (Lipinski definition) is 0. The molecule has 0 unspecified atom stereocenters. The van der Waals surface area contributed by atoms with Gasteiger partial charge in [-0.1, -0.05) is 0 Å². The number of nitrogens with zero attached hydrogens (tertiary/aromatic N) is 4. The van der Waals surface area contributed by atoms with Crippen LogP contribution in [0.3, 0.4) is 0 Å². The Morgan fingerprint density at radius 2 is 1.92 bits per heavy atom. The summed E-state index contributed by atoms with van der Waals surface area (Å²) in [7, 11) is 0. The van der Waals surface area contributed by atoms with Crippen LogP contribution in [-0.4, -0.2) is 54.3 Å². The van der Waals surface area contributed by atoms with Crippen LogP contribution in [-0.2, 0) is 24.1 Å². The van der Waals surface area contributed by atoms with Crippen LogP contribution in [0, 0.1) is 6.92 Å². The Morgan fingerprint density at radius 1 is 1.08 bits per heavy atom. The van der Waals surface area contributed by atoms with Gasteiger partial charge in [-0.05, 0) is 25.0 Å². The third-order valence-electron chi connectivity index (χ3n) is 4.91. The zero-order valence-electron chi connectivity index (χ0n) is 14.2. The number of rotatable bonds is 3. The standard InChI is InChI=1S/C18H24N4O2/c1-14-16-2-5-21(12-15-4-9-24-13-15)6-3-17(16)20-18(19-14)22-7-10-23-11-8-22/h4,9,13H,2-3,5-8,10-12H2,1H3. The molecule has 6 nitrogen and oxygen atoms in total. The van der Waals surface area contributed by atoms with Crippen molar-refractivity contribution in [3.8, 4) is 0 Å². The highest BCUT2D eigenvalue weighted by Crippen LogP contribution is 2.22. The average molecular weight is 328 g/mol. The van der Waals surface area contributed by atoms with E-state index in [4.69, 9.17) is 19.1 Å². The van der Waals surface area contributed by atoms with Crippen LogP contribution in [0.25, 0.3) is 0 Å². The summed E-state index contributed by atoms with van der Waals surface area (Å²) in [4.78, 5) is 14.4. The molecule has 0 atom stereocenters. The van der Waals surface area contributed by atoms with Gasteiger partial charge in [-0.15, -0.1) is 0 Å². The minimum atomic E-state index is 0.762. The fourth-order valence-electron chi connectivity index (χ4n) is 3.52. The molecule has 2 aliphatic heterocycles. The van der Waals surface area contributed by atoms with E-state index in [9.17, 15) is 0 Å². The lowest BCUT2D eigenvalue weighted by atomic mass is 10.1. The summed E-state index contributed by atoms with van der Waals surface area (Å²) < 4.78 is 10.6. The van der Waals surface area contributed by atoms with Gasteiger partial charge in [0.2, 0.25) is 5.95 Å². The van der Waals surface area contributed by atoms with E-state index >= 15 is 0 Å². The van der Waals surface area contributed by atoms with Crippen LogP contribution in [0.1, 0.15) is 22.5 Å². The third kappa shape index (κ3) is 3.30. The van der Waals surface area contributed by atoms with E-state index < -0.39 is 0 Å². The second-order valence-electron chi connectivity index (χ2n) is 6.54. The van der Waals surface area contributed by atoms with E-state index in [1.807, 2.05) is 12.3 Å². The van der Waals surface area contributed by atoms with Crippen molar-refractivity contribution in [1.29, 1.82) is 0 Å². The van der Waals surface area contributed by atoms with E-state index in [0.29, 0.717) is 0 Å². The van der Waals surface area contributed by atoms with Crippen molar-refractivity contribution < 1.29 is 9.15 Å². The lowest BCUT2D eigenvalue weighted by Crippen LogP contribution is -2.37. The van der Waals surface area contributed by atoms with Gasteiger partial charge in [0.1, 0.15) is 0 Å². The van der Waals surface area contributed by atoms with Gasteiger partial charge in [0.25, 0.3) is 0 Å². The van der Waals surface area contributed by atoms with E-state index in [-0.39, 0.29) is 0 Å². The number of aromatic nitrogens is 2. The van der Waals surface area contributed by atoms with Crippen molar-refractivity contribution in [2.45, 2.75) is 26.3 Å². The van der Waals surface area contributed by atoms with Crippen LogP contribution >= 0.6 is 0 Å². The zero-order valence-corrected chi connectivity index (χ0v) is 14.2. The molecule has 0 N–H and O–H groups in total. The van der Waals surface area contributed by atoms with Crippen LogP contribution in [0.4, 0.5) is 5.95 Å². The predicted octanol–water partition coefficient (Wildman–Crippen LogP) is 1.82. The van der Waals surface area contributed by atoms with Crippen LogP contribution in [0.2, 0.25) is 0 Å². The normalized spacial score (nSPS) is 19.1. The average Bonchev–Trinajstić information content (AvgIpc) is 3.03. The Hall–Kier alpha value is -1.92. The molecule has 0 spiro atoms. The summed E-state index contributed by atoms with van der Waals surface area (Å²) in [5.41, 5.74) is 4.92. The summed E-state index contributed by atoms with van der Waals surface area (Å²) in [6.07, 6.45) is 5.57. The molecule has 4 rings (SSSR count). The molecular weight excluding hydrogens is 304 g/mol. The SMILES string of the molecule is Cc1nc(N2CCOCC2)nc2c1CCN(Cc1ccoc1)CC2. The summed E-state index contributed by atoms with van der Waals surface area (Å²) >= 11 is 0. The van der Waals surface area contributed by atoms with Gasteiger partial charge in [-0.25, -0.2) is 9.97 Å². The molecule has 0 aromatic carbocycles. The summed E-state index contributed by atoms with van der Waals surface area (Å²) in [6, 6.07) is 2.04. The Kier molecular flexibility index (Phi) is 4.49. The molecule has 6 heteroatoms. The van der Waals surface area contributed by atoms with E-state index in [0.717, 1.165) is 70.4 Å². The predicted molar refractivity (Wildman–Crippen MR) is 91.2 cm³/mol. The highest BCUT2D eigenvalue weighted by atomic mass is 16.5. The fourth-order valence-corrected chi connectivity index (χ4v) is 3.52. The van der Waals surface area contributed by atoms with Crippen molar-refractivity contribution in [2.24, 2.45) is 0 Å². The van der Waals surface area contributed by atoms with Gasteiger partial charge in [0.05, 0.1) is 31.4 Å². The number of hydrogen-bond acceptors (Lipinski definition) is 6. The molecule has 1 saturated heterocycles. The molecule has 0 amide bonds. The topological polar surface area (TPSA) is 54.6 Å². The molecule has 4 heterocycles. The molecular formula is C18H24N4O2. The Balaban J connectivity index is 1.51. The lowest BCUT2D eigenvalue weighted by Gasteiger charge is -2.27. The summed E-state index contributed by atoms with van der Waals surface area (Å²) in [6.45, 7) is 8.41. The minimum absolute atomic E-state index is 0.762. The molecule has 2 aromatic heterocycles. The minimum Gasteiger partial charge on any atom is -0.472 e. The first kappa shape index (κ1) is 15.6. The van der Waals surface area contributed by atoms with Gasteiger partial charge in [-0.3, -0.25) is 4.90 Å². The molecule has 0 aliphatic carbocycles. The van der Waals surface area contributed by atoms with Crippen molar-refractivity contribution in [1.82, 2.24) is 14.9 Å². The van der Waals surface area contributed by atoms with Gasteiger partial charge in [0, 0.05) is 50.4 Å². The number of furan rings is 1. The molecule has 1 fully saturated rings. The molecule has 2 aliphatic rings. The molecule has 24 heavy (non-hydrogen) atoms. The largest absolute Gasteiger partial charge is 0.472 e. The van der Waals surface area contributed by atoms with Crippen molar-refractivity contribution in [3.63, 3.8) is 0 Å². The Morgan fingerprint density at radius 3 is 2.71 bits per heavy atom. The Labute approximate surface area is 142 Å². The van der Waals surface area contributed by atoms with Crippen molar-refractivity contribution in [3.05, 3.63) is 41.1 Å². The molecule has 2 aromatic rings. The second-order valence-corrected chi connectivity index (χ2v) is 6.54. The van der Waals surface area contributed by atoms with Gasteiger partial charge < -0.3 is 14.1 Å². The maximum Gasteiger partial charge on any atom is 0.225 e. The monoisotopic (exact) mass is 328 g/mol. The van der Waals surface area contributed by atoms with Gasteiger partial charge in [0.15, 0.2) is 0 Å². The molecule has 0 saturated carbocycles. The lowest BCUT2D eigenvalue weighted by molar-refractivity contribution is 0.122. The Bertz CT molecular complexity index is 681. The first-order valence-corrected chi connectivity index (χ1v) is 8.72. The van der Waals surface area contributed by atoms with Crippen LogP contribution in [0.15, 0.2) is 23.0 Å². The van der Waals surface area contributed by atoms with E-state index in [2.05, 4.69) is 16.7 Å². The van der Waals surface area contributed by atoms with Gasteiger partial charge >= 0.3 is 0 Å². The highest BCUT2D eigenvalue weighted by molar-refractivity contribution is 5.38. The number of anilines is 1. The van der Waals surface area contributed by atoms with Crippen LogP contribution < -0.4 is 4.90 Å².